The number of carbonyl (C=O) groups excluding carboxylic acids is 1. The van der Waals surface area contributed by atoms with Gasteiger partial charge in [-0.2, -0.15) is 0 Å². The average molecular weight is 623 g/mol. The van der Waals surface area contributed by atoms with E-state index in [1.807, 2.05) is 13.0 Å². The van der Waals surface area contributed by atoms with Gasteiger partial charge in [0.05, 0.1) is 42.7 Å². The summed E-state index contributed by atoms with van der Waals surface area (Å²) in [6, 6.07) is 0. The van der Waals surface area contributed by atoms with Gasteiger partial charge in [-0.15, -0.1) is 0 Å². The molecule has 0 saturated carbocycles. The summed E-state index contributed by atoms with van der Waals surface area (Å²) in [5, 5.41) is 31.8. The monoisotopic (exact) mass is 622 g/mol. The molecule has 0 amide bonds. The van der Waals surface area contributed by atoms with E-state index in [1.165, 1.54) is 44.9 Å². The van der Waals surface area contributed by atoms with Crippen LogP contribution in [0.3, 0.4) is 0 Å². The number of carbonyl (C=O) groups is 1. The van der Waals surface area contributed by atoms with Crippen LogP contribution in [0.15, 0.2) is 11.6 Å². The molecule has 3 N–H and O–H groups in total. The van der Waals surface area contributed by atoms with Crippen LogP contribution in [-0.2, 0) is 19.0 Å². The number of unbranched alkanes of at least 4 members (excludes halogenated alkanes) is 12. The summed E-state index contributed by atoms with van der Waals surface area (Å²) in [7, 11) is 0. The van der Waals surface area contributed by atoms with Gasteiger partial charge >= 0.3 is 5.97 Å². The van der Waals surface area contributed by atoms with Gasteiger partial charge in [0.25, 0.3) is 0 Å². The summed E-state index contributed by atoms with van der Waals surface area (Å²) >= 11 is 0. The van der Waals surface area contributed by atoms with E-state index < -0.39 is 6.10 Å². The molecule has 3 heterocycles. The molecule has 0 spiro atoms. The van der Waals surface area contributed by atoms with E-state index in [1.54, 1.807) is 0 Å². The van der Waals surface area contributed by atoms with Crippen molar-refractivity contribution in [2.75, 3.05) is 0 Å². The normalized spacial score (nSPS) is 27.4. The first kappa shape index (κ1) is 37.5. The van der Waals surface area contributed by atoms with Crippen molar-refractivity contribution in [2.24, 2.45) is 0 Å². The van der Waals surface area contributed by atoms with Crippen LogP contribution in [0, 0.1) is 0 Å². The first-order valence-corrected chi connectivity index (χ1v) is 18.6. The molecule has 2 saturated heterocycles. The molecule has 8 atom stereocenters. The molecule has 7 heteroatoms. The predicted molar refractivity (Wildman–Crippen MR) is 175 cm³/mol. The zero-order valence-corrected chi connectivity index (χ0v) is 28.1. The lowest BCUT2D eigenvalue weighted by atomic mass is 9.99. The predicted octanol–water partition coefficient (Wildman–Crippen LogP) is 7.86. The molecule has 0 radical (unpaired) electrons. The highest BCUT2D eigenvalue weighted by Crippen LogP contribution is 2.34. The van der Waals surface area contributed by atoms with E-state index in [-0.39, 0.29) is 48.7 Å². The second-order valence-corrected chi connectivity index (χ2v) is 14.0. The first-order chi connectivity index (χ1) is 21.4. The molecule has 44 heavy (non-hydrogen) atoms. The summed E-state index contributed by atoms with van der Waals surface area (Å²) in [6.07, 6.45) is 25.6. The number of hydrogen-bond acceptors (Lipinski definition) is 7. The third kappa shape index (κ3) is 14.2. The number of aliphatic hydroxyl groups excluding tert-OH is 3. The highest BCUT2D eigenvalue weighted by molar-refractivity contribution is 5.90. The third-order valence-electron chi connectivity index (χ3n) is 10.1. The molecule has 0 bridgehead atoms. The van der Waals surface area contributed by atoms with Crippen LogP contribution >= 0.6 is 0 Å². The maximum Gasteiger partial charge on any atom is 0.334 e. The maximum absolute atomic E-state index is 11.6. The van der Waals surface area contributed by atoms with Crippen LogP contribution in [0.2, 0.25) is 0 Å². The van der Waals surface area contributed by atoms with Crippen LogP contribution in [0.5, 0.6) is 0 Å². The summed E-state index contributed by atoms with van der Waals surface area (Å²) in [4.78, 5) is 11.6. The van der Waals surface area contributed by atoms with E-state index in [4.69, 9.17) is 14.2 Å². The number of cyclic esters (lactones) is 1. The minimum Gasteiger partial charge on any atom is -0.455 e. The minimum absolute atomic E-state index is 0.0248. The van der Waals surface area contributed by atoms with Crippen LogP contribution in [-0.4, -0.2) is 70.1 Å². The maximum atomic E-state index is 11.6. The molecule has 0 aromatic carbocycles. The summed E-state index contributed by atoms with van der Waals surface area (Å²) in [6.45, 7) is 4.14. The van der Waals surface area contributed by atoms with Gasteiger partial charge in [0.15, 0.2) is 0 Å². The molecule has 256 valence electrons. The van der Waals surface area contributed by atoms with Gasteiger partial charge in [-0.05, 0) is 77.2 Å². The van der Waals surface area contributed by atoms with Crippen molar-refractivity contribution in [3.63, 3.8) is 0 Å². The smallest absolute Gasteiger partial charge is 0.334 e. The zero-order chi connectivity index (χ0) is 31.6. The third-order valence-corrected chi connectivity index (χ3v) is 10.1. The second-order valence-electron chi connectivity index (χ2n) is 14.0. The number of esters is 1. The van der Waals surface area contributed by atoms with Crippen molar-refractivity contribution < 1.29 is 34.3 Å². The molecule has 0 aromatic heterocycles. The fourth-order valence-corrected chi connectivity index (χ4v) is 7.27. The van der Waals surface area contributed by atoms with Gasteiger partial charge in [0.1, 0.15) is 6.10 Å². The summed E-state index contributed by atoms with van der Waals surface area (Å²) < 4.78 is 17.7. The number of rotatable bonds is 25. The summed E-state index contributed by atoms with van der Waals surface area (Å²) in [5.74, 6) is -0.152. The highest BCUT2D eigenvalue weighted by Gasteiger charge is 2.40. The fraction of sp³-hybridized carbons (Fsp3) is 0.919. The van der Waals surface area contributed by atoms with Crippen molar-refractivity contribution in [2.45, 2.75) is 217 Å². The SMILES string of the molecule is CCCCCCCCCC[C@@H](O)[C@@H]1CC[C@H]([C@H]2CC[C@@H]([C@H](O)CCCC[C@H](O)CCCCCCCC3=C[C@H](C)OC3=O)O2)O1. The Bertz CT molecular complexity index is 801. The Hall–Kier alpha value is -0.990. The largest absolute Gasteiger partial charge is 0.455 e. The van der Waals surface area contributed by atoms with Crippen molar-refractivity contribution in [3.05, 3.63) is 11.6 Å². The van der Waals surface area contributed by atoms with Gasteiger partial charge in [0.2, 0.25) is 0 Å². The zero-order valence-electron chi connectivity index (χ0n) is 28.1. The Morgan fingerprint density at radius 1 is 0.659 bits per heavy atom. The second kappa shape index (κ2) is 21.7. The van der Waals surface area contributed by atoms with Crippen LogP contribution in [0.1, 0.15) is 168 Å². The lowest BCUT2D eigenvalue weighted by molar-refractivity contribution is -0.139. The number of aliphatic hydroxyl groups is 3. The van der Waals surface area contributed by atoms with Crippen LogP contribution < -0.4 is 0 Å². The molecule has 0 aliphatic carbocycles. The topological polar surface area (TPSA) is 105 Å². The van der Waals surface area contributed by atoms with E-state index in [0.717, 1.165) is 108 Å². The number of ether oxygens (including phenoxy) is 3. The molecule has 3 rings (SSSR count). The molecule has 0 aromatic rings. The van der Waals surface area contributed by atoms with Gasteiger partial charge in [-0.3, -0.25) is 0 Å². The van der Waals surface area contributed by atoms with E-state index in [0.29, 0.717) is 6.42 Å². The molecule has 2 fully saturated rings. The van der Waals surface area contributed by atoms with Gasteiger partial charge in [-0.25, -0.2) is 4.79 Å². The Morgan fingerprint density at radius 3 is 1.64 bits per heavy atom. The van der Waals surface area contributed by atoms with E-state index in [9.17, 15) is 20.1 Å². The van der Waals surface area contributed by atoms with E-state index >= 15 is 0 Å². The Balaban J connectivity index is 1.14. The molecule has 3 aliphatic rings. The van der Waals surface area contributed by atoms with Gasteiger partial charge < -0.3 is 29.5 Å². The molecule has 3 aliphatic heterocycles. The van der Waals surface area contributed by atoms with Crippen molar-refractivity contribution >= 4 is 5.97 Å². The average Bonchev–Trinajstić information content (AvgIpc) is 3.76. The Morgan fingerprint density at radius 2 is 1.11 bits per heavy atom. The minimum atomic E-state index is -0.466. The fourth-order valence-electron chi connectivity index (χ4n) is 7.27. The first-order valence-electron chi connectivity index (χ1n) is 18.6. The number of hydrogen-bond donors (Lipinski definition) is 3. The van der Waals surface area contributed by atoms with Crippen molar-refractivity contribution in [1.82, 2.24) is 0 Å². The van der Waals surface area contributed by atoms with Crippen molar-refractivity contribution in [3.8, 4) is 0 Å². The Labute approximate surface area is 268 Å². The standard InChI is InChI=1S/C37H66O7/c1-3-4-5-6-7-8-12-15-21-31(39)33-23-25-35(43-33)36-26-24-34(44-36)32(40)22-17-16-20-30(38)19-14-11-9-10-13-18-29-27-28(2)42-37(29)41/h27-28,30-36,38-40H,3-26H2,1-2H3/t28-,30+,31+,32+,33-,34-,35+,36+/m0/s1. The van der Waals surface area contributed by atoms with Crippen LogP contribution in [0.25, 0.3) is 0 Å². The lowest BCUT2D eigenvalue weighted by Gasteiger charge is -2.24. The highest BCUT2D eigenvalue weighted by atomic mass is 16.6. The van der Waals surface area contributed by atoms with Crippen molar-refractivity contribution in [1.29, 1.82) is 0 Å². The van der Waals surface area contributed by atoms with Crippen LogP contribution in [0.4, 0.5) is 0 Å². The molecular formula is C37H66O7. The lowest BCUT2D eigenvalue weighted by Crippen LogP contribution is -2.33. The van der Waals surface area contributed by atoms with Gasteiger partial charge in [-0.1, -0.05) is 96.8 Å². The summed E-state index contributed by atoms with van der Waals surface area (Å²) in [5.41, 5.74) is 0.828. The molecular weight excluding hydrogens is 556 g/mol. The quantitative estimate of drug-likeness (QED) is 0.0703. The van der Waals surface area contributed by atoms with Gasteiger partial charge in [0, 0.05) is 5.57 Å². The van der Waals surface area contributed by atoms with E-state index in [2.05, 4.69) is 6.92 Å². The Kier molecular flexibility index (Phi) is 18.5. The molecule has 7 nitrogen and oxygen atoms in total. The molecule has 0 unspecified atom stereocenters.